The van der Waals surface area contributed by atoms with E-state index in [9.17, 15) is 4.79 Å². The second-order valence-electron chi connectivity index (χ2n) is 11.5. The number of halogens is 1. The molecule has 1 N–H and O–H groups in total. The normalized spacial score (nSPS) is 28.6. The molecular formula is C29H36FN3O3. The third kappa shape index (κ3) is 4.48. The minimum absolute atomic E-state index is 0.00538. The smallest absolute Gasteiger partial charge is 0.407 e. The number of carbonyl (C=O) groups excluding carboxylic acids is 1. The highest BCUT2D eigenvalue weighted by Gasteiger charge is 2.42. The van der Waals surface area contributed by atoms with Gasteiger partial charge in [0.1, 0.15) is 11.9 Å². The molecule has 2 aromatic carbocycles. The van der Waals surface area contributed by atoms with E-state index in [1.807, 2.05) is 23.1 Å². The van der Waals surface area contributed by atoms with E-state index in [0.717, 1.165) is 55.6 Å². The molecule has 2 atom stereocenters. The van der Waals surface area contributed by atoms with Crippen molar-refractivity contribution >= 4 is 11.8 Å². The fourth-order valence-corrected chi connectivity index (χ4v) is 6.59. The summed E-state index contributed by atoms with van der Waals surface area (Å²) in [5, 5.41) is 3.19. The van der Waals surface area contributed by atoms with E-state index in [-0.39, 0.29) is 29.5 Å². The van der Waals surface area contributed by atoms with Gasteiger partial charge in [-0.3, -0.25) is 4.90 Å². The van der Waals surface area contributed by atoms with Crippen LogP contribution < -0.4 is 10.2 Å². The van der Waals surface area contributed by atoms with E-state index in [2.05, 4.69) is 36.2 Å². The van der Waals surface area contributed by atoms with Crippen LogP contribution in [0.2, 0.25) is 0 Å². The molecule has 5 aliphatic rings. The SMILES string of the molecule is CC1(C)Cc2cc(-c3ccc(N4CCOCC4)c(F)c3)ccc2C1NC(=O)O[C@H]1CN2CCC1CC2. The monoisotopic (exact) mass is 493 g/mol. The van der Waals surface area contributed by atoms with Crippen LogP contribution in [-0.2, 0) is 15.9 Å². The van der Waals surface area contributed by atoms with Crippen molar-refractivity contribution in [2.24, 2.45) is 11.3 Å². The van der Waals surface area contributed by atoms with E-state index in [0.29, 0.717) is 37.9 Å². The fraction of sp³-hybridized carbons (Fsp3) is 0.552. The summed E-state index contributed by atoms with van der Waals surface area (Å²) >= 11 is 0. The van der Waals surface area contributed by atoms with Gasteiger partial charge in [0, 0.05) is 19.6 Å². The van der Waals surface area contributed by atoms with Crippen molar-refractivity contribution in [3.05, 3.63) is 53.3 Å². The Labute approximate surface area is 212 Å². The molecule has 7 heteroatoms. The summed E-state index contributed by atoms with van der Waals surface area (Å²) in [6.45, 7) is 10.1. The predicted molar refractivity (Wildman–Crippen MR) is 138 cm³/mol. The first-order chi connectivity index (χ1) is 17.4. The number of morpholine rings is 1. The average Bonchev–Trinajstić information content (AvgIpc) is 3.13. The van der Waals surface area contributed by atoms with Crippen LogP contribution in [0.3, 0.4) is 0 Å². The van der Waals surface area contributed by atoms with Crippen LogP contribution in [0.5, 0.6) is 0 Å². The number of hydrogen-bond donors (Lipinski definition) is 1. The summed E-state index contributed by atoms with van der Waals surface area (Å²) in [5.74, 6) is 0.285. The Hall–Kier alpha value is -2.64. The maximum absolute atomic E-state index is 15.0. The van der Waals surface area contributed by atoms with Gasteiger partial charge in [-0.2, -0.15) is 0 Å². The van der Waals surface area contributed by atoms with Crippen molar-refractivity contribution in [2.75, 3.05) is 50.8 Å². The first-order valence-electron chi connectivity index (χ1n) is 13.3. The van der Waals surface area contributed by atoms with E-state index in [1.54, 1.807) is 6.07 Å². The molecule has 2 bridgehead atoms. The van der Waals surface area contributed by atoms with Gasteiger partial charge in [-0.1, -0.05) is 38.1 Å². The molecule has 1 unspecified atom stereocenters. The summed E-state index contributed by atoms with van der Waals surface area (Å²) in [4.78, 5) is 17.4. The van der Waals surface area contributed by atoms with E-state index < -0.39 is 0 Å². The molecule has 192 valence electrons. The maximum atomic E-state index is 15.0. The molecule has 7 rings (SSSR count). The number of alkyl carbamates (subject to hydrolysis) is 1. The largest absolute Gasteiger partial charge is 0.445 e. The molecule has 0 aromatic heterocycles. The van der Waals surface area contributed by atoms with Gasteiger partial charge in [-0.05, 0) is 78.1 Å². The van der Waals surface area contributed by atoms with E-state index in [1.165, 1.54) is 5.56 Å². The lowest BCUT2D eigenvalue weighted by Crippen LogP contribution is -2.53. The summed E-state index contributed by atoms with van der Waals surface area (Å²) in [6.07, 6.45) is 2.76. The zero-order valence-electron chi connectivity index (χ0n) is 21.3. The number of fused-ring (bicyclic) bond motifs is 4. The molecule has 0 saturated carbocycles. The molecule has 1 aliphatic carbocycles. The number of piperidine rings is 3. The predicted octanol–water partition coefficient (Wildman–Crippen LogP) is 4.77. The lowest BCUT2D eigenvalue weighted by atomic mass is 9.85. The van der Waals surface area contributed by atoms with Gasteiger partial charge in [0.05, 0.1) is 24.9 Å². The van der Waals surface area contributed by atoms with Crippen molar-refractivity contribution < 1.29 is 18.7 Å². The van der Waals surface area contributed by atoms with Crippen molar-refractivity contribution in [1.82, 2.24) is 10.2 Å². The van der Waals surface area contributed by atoms with Gasteiger partial charge in [0.15, 0.2) is 0 Å². The number of benzene rings is 2. The Bertz CT molecular complexity index is 1140. The minimum Gasteiger partial charge on any atom is -0.445 e. The quantitative estimate of drug-likeness (QED) is 0.665. The Morgan fingerprint density at radius 3 is 2.47 bits per heavy atom. The molecular weight excluding hydrogens is 457 g/mol. The Kier molecular flexibility index (Phi) is 6.16. The highest BCUT2D eigenvalue weighted by molar-refractivity contribution is 5.71. The van der Waals surface area contributed by atoms with Gasteiger partial charge >= 0.3 is 6.09 Å². The highest BCUT2D eigenvalue weighted by Crippen LogP contribution is 2.46. The zero-order valence-corrected chi connectivity index (χ0v) is 21.3. The number of hydrogen-bond acceptors (Lipinski definition) is 5. The lowest BCUT2D eigenvalue weighted by molar-refractivity contribution is -0.0348. The number of carbonyl (C=O) groups is 1. The minimum atomic E-state index is -0.315. The Morgan fingerprint density at radius 1 is 1.06 bits per heavy atom. The molecule has 4 fully saturated rings. The van der Waals surface area contributed by atoms with Crippen LogP contribution in [0.4, 0.5) is 14.9 Å². The van der Waals surface area contributed by atoms with Gasteiger partial charge in [0.2, 0.25) is 0 Å². The molecule has 0 radical (unpaired) electrons. The van der Waals surface area contributed by atoms with Crippen LogP contribution in [-0.4, -0.2) is 63.0 Å². The van der Waals surface area contributed by atoms with Crippen LogP contribution in [0.1, 0.15) is 43.9 Å². The summed E-state index contributed by atoms with van der Waals surface area (Å²) in [6, 6.07) is 11.7. The van der Waals surface area contributed by atoms with Gasteiger partial charge in [0.25, 0.3) is 0 Å². The molecule has 2 aromatic rings. The molecule has 6 nitrogen and oxygen atoms in total. The number of nitrogens with one attached hydrogen (secondary N) is 1. The molecule has 4 saturated heterocycles. The second-order valence-corrected chi connectivity index (χ2v) is 11.5. The number of anilines is 1. The lowest BCUT2D eigenvalue weighted by Gasteiger charge is -2.44. The first kappa shape index (κ1) is 23.7. The number of nitrogens with zero attached hydrogens (tertiary/aromatic N) is 2. The van der Waals surface area contributed by atoms with Crippen LogP contribution in [0.25, 0.3) is 11.1 Å². The zero-order chi connectivity index (χ0) is 24.9. The Morgan fingerprint density at radius 2 is 1.78 bits per heavy atom. The average molecular weight is 494 g/mol. The molecule has 1 amide bonds. The maximum Gasteiger partial charge on any atom is 0.407 e. The summed E-state index contributed by atoms with van der Waals surface area (Å²) in [5.41, 5.74) is 4.68. The molecule has 4 heterocycles. The van der Waals surface area contributed by atoms with E-state index in [4.69, 9.17) is 9.47 Å². The van der Waals surface area contributed by atoms with Crippen LogP contribution >= 0.6 is 0 Å². The summed E-state index contributed by atoms with van der Waals surface area (Å²) < 4.78 is 26.3. The van der Waals surface area contributed by atoms with Crippen molar-refractivity contribution in [3.63, 3.8) is 0 Å². The summed E-state index contributed by atoms with van der Waals surface area (Å²) in [7, 11) is 0. The Balaban J connectivity index is 1.18. The van der Waals surface area contributed by atoms with Crippen molar-refractivity contribution in [3.8, 4) is 11.1 Å². The van der Waals surface area contributed by atoms with Crippen LogP contribution in [0, 0.1) is 17.2 Å². The molecule has 36 heavy (non-hydrogen) atoms. The highest BCUT2D eigenvalue weighted by atomic mass is 19.1. The van der Waals surface area contributed by atoms with Gasteiger partial charge in [-0.25, -0.2) is 9.18 Å². The van der Waals surface area contributed by atoms with Gasteiger partial charge in [-0.15, -0.1) is 0 Å². The van der Waals surface area contributed by atoms with Gasteiger partial charge < -0.3 is 19.7 Å². The second kappa shape index (κ2) is 9.34. The third-order valence-electron chi connectivity index (χ3n) is 8.63. The number of amides is 1. The fourth-order valence-electron chi connectivity index (χ4n) is 6.59. The van der Waals surface area contributed by atoms with Crippen LogP contribution in [0.15, 0.2) is 36.4 Å². The van der Waals surface area contributed by atoms with Crippen molar-refractivity contribution in [2.45, 2.75) is 45.3 Å². The molecule has 0 spiro atoms. The molecule has 4 aliphatic heterocycles. The topological polar surface area (TPSA) is 54.0 Å². The van der Waals surface area contributed by atoms with E-state index >= 15 is 4.39 Å². The third-order valence-corrected chi connectivity index (χ3v) is 8.63. The standard InChI is InChI=1S/C29H36FN3O3/c1-29(2)17-22-15-20(21-4-6-25(24(30)16-21)33-11-13-35-14-12-33)3-5-23(22)27(29)31-28(34)36-26-18-32-9-7-19(26)8-10-32/h3-6,15-16,19,26-27H,7-14,17-18H2,1-2H3,(H,31,34)/t26-,27?/m0/s1. The first-order valence-corrected chi connectivity index (χ1v) is 13.3. The number of rotatable bonds is 4. The van der Waals surface area contributed by atoms with Crippen molar-refractivity contribution in [1.29, 1.82) is 0 Å². The number of ether oxygens (including phenoxy) is 2.